The Morgan fingerprint density at radius 3 is 2.66 bits per heavy atom. The number of hydrogen-bond donors (Lipinski definition) is 1. The number of nitrogens with one attached hydrogen (secondary N) is 1. The summed E-state index contributed by atoms with van der Waals surface area (Å²) in [6.45, 7) is 0. The summed E-state index contributed by atoms with van der Waals surface area (Å²) in [6.07, 6.45) is 12.6. The van der Waals surface area contributed by atoms with Crippen molar-refractivity contribution in [3.8, 4) is 22.4 Å². The van der Waals surface area contributed by atoms with Crippen molar-refractivity contribution in [3.05, 3.63) is 89.7 Å². The molecule has 1 aliphatic carbocycles. The molecule has 8 heteroatoms. The van der Waals surface area contributed by atoms with Gasteiger partial charge in [-0.3, -0.25) is 14.2 Å². The SMILES string of the molecule is O=C(Cc1ccc(-c2cnc3cc(-c4ccncc4)ccn23)cc1F)Nc1ncc(C2CCC2)s1. The van der Waals surface area contributed by atoms with E-state index in [0.717, 1.165) is 22.5 Å². The zero-order valence-electron chi connectivity index (χ0n) is 18.8. The highest BCUT2D eigenvalue weighted by Crippen LogP contribution is 2.40. The summed E-state index contributed by atoms with van der Waals surface area (Å²) in [5.41, 5.74) is 4.67. The van der Waals surface area contributed by atoms with Crippen molar-refractivity contribution in [3.63, 3.8) is 0 Å². The molecule has 0 radical (unpaired) electrons. The fourth-order valence-electron chi connectivity index (χ4n) is 4.33. The van der Waals surface area contributed by atoms with E-state index in [0.29, 0.717) is 22.2 Å². The quantitative estimate of drug-likeness (QED) is 0.316. The van der Waals surface area contributed by atoms with Gasteiger partial charge in [-0.15, -0.1) is 11.3 Å². The van der Waals surface area contributed by atoms with Crippen LogP contribution in [0.3, 0.4) is 0 Å². The Morgan fingerprint density at radius 1 is 1.03 bits per heavy atom. The van der Waals surface area contributed by atoms with E-state index in [9.17, 15) is 9.18 Å². The van der Waals surface area contributed by atoms with Crippen molar-refractivity contribution in [1.82, 2.24) is 19.4 Å². The Hall–Kier alpha value is -3.91. The number of thiazole rings is 1. The maximum Gasteiger partial charge on any atom is 0.230 e. The predicted octanol–water partition coefficient (Wildman–Crippen LogP) is 6.11. The van der Waals surface area contributed by atoms with Gasteiger partial charge in [0.25, 0.3) is 0 Å². The van der Waals surface area contributed by atoms with Crippen molar-refractivity contribution in [2.45, 2.75) is 31.6 Å². The Labute approximate surface area is 205 Å². The number of rotatable bonds is 6. The summed E-state index contributed by atoms with van der Waals surface area (Å²) in [5.74, 6) is -0.120. The number of hydrogen-bond acceptors (Lipinski definition) is 5. The third-order valence-electron chi connectivity index (χ3n) is 6.50. The molecule has 0 spiro atoms. The van der Waals surface area contributed by atoms with Crippen LogP contribution in [0.2, 0.25) is 0 Å². The standard InChI is InChI=1S/C27H22FN5OS/c28-22-12-21(23-15-30-25-13-19(8-11-33(23)25)17-6-9-29-10-7-17)5-4-20(22)14-26(34)32-27-31-16-24(35-27)18-2-1-3-18/h4-13,15-16,18H,1-3,14H2,(H,31,32,34). The molecule has 0 atom stereocenters. The Kier molecular flexibility index (Phi) is 5.58. The fourth-order valence-corrected chi connectivity index (χ4v) is 5.33. The number of carbonyl (C=O) groups is 1. The minimum Gasteiger partial charge on any atom is -0.302 e. The zero-order valence-corrected chi connectivity index (χ0v) is 19.6. The molecule has 4 heterocycles. The Morgan fingerprint density at radius 2 is 1.89 bits per heavy atom. The molecule has 174 valence electrons. The third kappa shape index (κ3) is 4.33. The van der Waals surface area contributed by atoms with Crippen LogP contribution < -0.4 is 5.32 Å². The van der Waals surface area contributed by atoms with Gasteiger partial charge in [-0.2, -0.15) is 0 Å². The molecular formula is C27H22FN5OS. The van der Waals surface area contributed by atoms with Crippen LogP contribution in [0, 0.1) is 5.82 Å². The molecule has 5 aromatic rings. The van der Waals surface area contributed by atoms with Crippen molar-refractivity contribution in [2.24, 2.45) is 0 Å². The average Bonchev–Trinajstić information content (AvgIpc) is 3.46. The van der Waals surface area contributed by atoms with Gasteiger partial charge < -0.3 is 5.32 Å². The highest BCUT2D eigenvalue weighted by atomic mass is 32.1. The molecule has 6 rings (SSSR count). The first-order valence-corrected chi connectivity index (χ1v) is 12.4. The number of carbonyl (C=O) groups excluding carboxylic acids is 1. The van der Waals surface area contributed by atoms with Gasteiger partial charge in [0.1, 0.15) is 11.5 Å². The summed E-state index contributed by atoms with van der Waals surface area (Å²) in [6, 6.07) is 12.8. The van der Waals surface area contributed by atoms with E-state index in [1.807, 2.05) is 47.1 Å². The number of halogens is 1. The van der Waals surface area contributed by atoms with Gasteiger partial charge in [0, 0.05) is 35.2 Å². The van der Waals surface area contributed by atoms with E-state index < -0.39 is 5.82 Å². The molecule has 1 N–H and O–H groups in total. The summed E-state index contributed by atoms with van der Waals surface area (Å²) >= 11 is 1.51. The lowest BCUT2D eigenvalue weighted by atomic mass is 9.85. The molecule has 0 unspecified atom stereocenters. The molecule has 0 aliphatic heterocycles. The number of amides is 1. The van der Waals surface area contributed by atoms with Crippen molar-refractivity contribution in [2.75, 3.05) is 5.32 Å². The first kappa shape index (κ1) is 21.6. The minimum atomic E-state index is -0.421. The van der Waals surface area contributed by atoms with E-state index in [4.69, 9.17) is 0 Å². The second-order valence-corrected chi connectivity index (χ2v) is 9.81. The number of fused-ring (bicyclic) bond motifs is 1. The molecule has 0 saturated heterocycles. The van der Waals surface area contributed by atoms with Crippen LogP contribution in [0.4, 0.5) is 9.52 Å². The topological polar surface area (TPSA) is 72.2 Å². The predicted molar refractivity (Wildman–Crippen MR) is 135 cm³/mol. The molecule has 1 saturated carbocycles. The molecular weight excluding hydrogens is 461 g/mol. The second kappa shape index (κ2) is 9.03. The summed E-state index contributed by atoms with van der Waals surface area (Å²) in [7, 11) is 0. The highest BCUT2D eigenvalue weighted by molar-refractivity contribution is 7.15. The smallest absolute Gasteiger partial charge is 0.230 e. The summed E-state index contributed by atoms with van der Waals surface area (Å²) in [4.78, 5) is 26.6. The van der Waals surface area contributed by atoms with E-state index in [2.05, 4.69) is 20.3 Å². The largest absolute Gasteiger partial charge is 0.302 e. The number of anilines is 1. The molecule has 35 heavy (non-hydrogen) atoms. The zero-order chi connectivity index (χ0) is 23.8. The van der Waals surface area contributed by atoms with Gasteiger partial charge in [0.05, 0.1) is 18.3 Å². The van der Waals surface area contributed by atoms with Crippen LogP contribution in [0.1, 0.15) is 35.6 Å². The highest BCUT2D eigenvalue weighted by Gasteiger charge is 2.22. The number of nitrogens with zero attached hydrogens (tertiary/aromatic N) is 4. The van der Waals surface area contributed by atoms with Crippen LogP contribution in [0.25, 0.3) is 28.0 Å². The van der Waals surface area contributed by atoms with Gasteiger partial charge in [0.2, 0.25) is 5.91 Å². The maximum absolute atomic E-state index is 15.0. The van der Waals surface area contributed by atoms with Crippen molar-refractivity contribution >= 4 is 28.0 Å². The number of aromatic nitrogens is 4. The van der Waals surface area contributed by atoms with Gasteiger partial charge in [-0.25, -0.2) is 14.4 Å². The van der Waals surface area contributed by atoms with Gasteiger partial charge >= 0.3 is 0 Å². The number of imidazole rings is 1. The maximum atomic E-state index is 15.0. The normalized spacial score (nSPS) is 13.6. The minimum absolute atomic E-state index is 0.0487. The van der Waals surface area contributed by atoms with Crippen LogP contribution in [-0.2, 0) is 11.2 Å². The van der Waals surface area contributed by atoms with Crippen LogP contribution in [-0.4, -0.2) is 25.3 Å². The van der Waals surface area contributed by atoms with Crippen molar-refractivity contribution < 1.29 is 9.18 Å². The molecule has 0 bridgehead atoms. The van der Waals surface area contributed by atoms with E-state index in [1.54, 1.807) is 24.7 Å². The second-order valence-electron chi connectivity index (χ2n) is 8.75. The summed E-state index contributed by atoms with van der Waals surface area (Å²) in [5, 5.41) is 3.38. The van der Waals surface area contributed by atoms with Crippen LogP contribution in [0.15, 0.2) is 73.4 Å². The van der Waals surface area contributed by atoms with Crippen molar-refractivity contribution in [1.29, 1.82) is 0 Å². The lowest BCUT2D eigenvalue weighted by Gasteiger charge is -2.23. The first-order valence-electron chi connectivity index (χ1n) is 11.6. The number of benzene rings is 1. The lowest BCUT2D eigenvalue weighted by Crippen LogP contribution is -2.15. The summed E-state index contributed by atoms with van der Waals surface area (Å²) < 4.78 is 16.9. The van der Waals surface area contributed by atoms with Gasteiger partial charge in [-0.05, 0) is 65.8 Å². The number of pyridine rings is 2. The monoisotopic (exact) mass is 483 g/mol. The van der Waals surface area contributed by atoms with E-state index in [1.165, 1.54) is 41.5 Å². The molecule has 1 fully saturated rings. The third-order valence-corrected chi connectivity index (χ3v) is 7.58. The average molecular weight is 484 g/mol. The Balaban J connectivity index is 1.18. The molecule has 4 aromatic heterocycles. The van der Waals surface area contributed by atoms with E-state index >= 15 is 0 Å². The van der Waals surface area contributed by atoms with Gasteiger partial charge in [0.15, 0.2) is 5.13 Å². The molecule has 1 aromatic carbocycles. The fraction of sp³-hybridized carbons (Fsp3) is 0.185. The van der Waals surface area contributed by atoms with Crippen LogP contribution >= 0.6 is 11.3 Å². The Bertz CT molecular complexity index is 1520. The van der Waals surface area contributed by atoms with Crippen LogP contribution in [0.5, 0.6) is 0 Å². The lowest BCUT2D eigenvalue weighted by molar-refractivity contribution is -0.115. The van der Waals surface area contributed by atoms with Gasteiger partial charge in [-0.1, -0.05) is 18.6 Å². The first-order chi connectivity index (χ1) is 17.1. The molecule has 1 aliphatic rings. The molecule has 1 amide bonds. The molecule has 6 nitrogen and oxygen atoms in total. The van der Waals surface area contributed by atoms with E-state index in [-0.39, 0.29) is 12.3 Å².